The second-order valence-corrected chi connectivity index (χ2v) is 5.08. The minimum Gasteiger partial charge on any atom is -0.306 e. The van der Waals surface area contributed by atoms with Gasteiger partial charge in [-0.15, -0.1) is 11.3 Å². The number of hydrogen-bond donors (Lipinski definition) is 1. The van der Waals surface area contributed by atoms with E-state index in [1.807, 2.05) is 24.3 Å². The SMILES string of the molecule is Cc1nccc(CNCc2ccc(C)s2)n1. The maximum Gasteiger partial charge on any atom is 0.125 e. The summed E-state index contributed by atoms with van der Waals surface area (Å²) in [5.41, 5.74) is 1.04. The summed E-state index contributed by atoms with van der Waals surface area (Å²) in [7, 11) is 0. The molecule has 2 aromatic heterocycles. The lowest BCUT2D eigenvalue weighted by Gasteiger charge is -2.02. The van der Waals surface area contributed by atoms with Crippen LogP contribution in [-0.4, -0.2) is 9.97 Å². The van der Waals surface area contributed by atoms with Gasteiger partial charge in [-0.1, -0.05) is 0 Å². The monoisotopic (exact) mass is 233 g/mol. The maximum absolute atomic E-state index is 4.34. The molecule has 3 nitrogen and oxygen atoms in total. The lowest BCUT2D eigenvalue weighted by atomic mass is 10.3. The second kappa shape index (κ2) is 5.18. The molecule has 0 saturated carbocycles. The molecule has 0 saturated heterocycles. The van der Waals surface area contributed by atoms with Gasteiger partial charge in [-0.25, -0.2) is 9.97 Å². The zero-order valence-corrected chi connectivity index (χ0v) is 10.3. The third-order valence-corrected chi connectivity index (χ3v) is 3.24. The first-order valence-electron chi connectivity index (χ1n) is 5.28. The van der Waals surface area contributed by atoms with Crippen molar-refractivity contribution in [2.45, 2.75) is 26.9 Å². The van der Waals surface area contributed by atoms with E-state index in [0.29, 0.717) is 0 Å². The van der Waals surface area contributed by atoms with E-state index < -0.39 is 0 Å². The van der Waals surface area contributed by atoms with Crippen LogP contribution in [0, 0.1) is 13.8 Å². The highest BCUT2D eigenvalue weighted by Gasteiger charge is 1.98. The molecule has 0 atom stereocenters. The molecule has 0 aromatic carbocycles. The van der Waals surface area contributed by atoms with Crippen LogP contribution in [0.1, 0.15) is 21.3 Å². The molecule has 0 aliphatic rings. The Morgan fingerprint density at radius 3 is 2.75 bits per heavy atom. The van der Waals surface area contributed by atoms with Crippen LogP contribution >= 0.6 is 11.3 Å². The summed E-state index contributed by atoms with van der Waals surface area (Å²) in [4.78, 5) is 11.1. The molecule has 0 aliphatic carbocycles. The van der Waals surface area contributed by atoms with Crippen LogP contribution in [0.15, 0.2) is 24.4 Å². The van der Waals surface area contributed by atoms with Gasteiger partial charge in [0.15, 0.2) is 0 Å². The molecule has 1 N–H and O–H groups in total. The second-order valence-electron chi connectivity index (χ2n) is 3.71. The van der Waals surface area contributed by atoms with Gasteiger partial charge in [0.05, 0.1) is 5.69 Å². The summed E-state index contributed by atoms with van der Waals surface area (Å²) in [6.45, 7) is 5.73. The lowest BCUT2D eigenvalue weighted by Crippen LogP contribution is -2.13. The van der Waals surface area contributed by atoms with E-state index in [2.05, 4.69) is 34.3 Å². The highest BCUT2D eigenvalue weighted by atomic mass is 32.1. The fourth-order valence-corrected chi connectivity index (χ4v) is 2.36. The van der Waals surface area contributed by atoms with E-state index in [4.69, 9.17) is 0 Å². The highest BCUT2D eigenvalue weighted by Crippen LogP contribution is 2.14. The third kappa shape index (κ3) is 3.12. The Morgan fingerprint density at radius 2 is 2.06 bits per heavy atom. The van der Waals surface area contributed by atoms with Gasteiger partial charge in [-0.05, 0) is 32.0 Å². The van der Waals surface area contributed by atoms with E-state index >= 15 is 0 Å². The van der Waals surface area contributed by atoms with Gasteiger partial charge in [0, 0.05) is 29.0 Å². The molecule has 4 heteroatoms. The van der Waals surface area contributed by atoms with E-state index in [9.17, 15) is 0 Å². The molecular weight excluding hydrogens is 218 g/mol. The van der Waals surface area contributed by atoms with E-state index in [1.165, 1.54) is 9.75 Å². The number of rotatable bonds is 4. The molecule has 0 amide bonds. The first-order valence-corrected chi connectivity index (χ1v) is 6.10. The molecule has 0 aliphatic heterocycles. The van der Waals surface area contributed by atoms with Crippen molar-refractivity contribution >= 4 is 11.3 Å². The Hall–Kier alpha value is -1.26. The van der Waals surface area contributed by atoms with Gasteiger partial charge in [0.1, 0.15) is 5.82 Å². The van der Waals surface area contributed by atoms with Gasteiger partial charge in [-0.2, -0.15) is 0 Å². The van der Waals surface area contributed by atoms with E-state index in [1.54, 1.807) is 6.20 Å². The van der Waals surface area contributed by atoms with Crippen molar-refractivity contribution < 1.29 is 0 Å². The predicted molar refractivity (Wildman–Crippen MR) is 66.4 cm³/mol. The third-order valence-electron chi connectivity index (χ3n) is 2.24. The van der Waals surface area contributed by atoms with Crippen molar-refractivity contribution in [2.24, 2.45) is 0 Å². The molecule has 0 unspecified atom stereocenters. The Labute approximate surface area is 99.6 Å². The normalized spacial score (nSPS) is 10.6. The predicted octanol–water partition coefficient (Wildman–Crippen LogP) is 2.44. The quantitative estimate of drug-likeness (QED) is 0.881. The van der Waals surface area contributed by atoms with Gasteiger partial charge >= 0.3 is 0 Å². The van der Waals surface area contributed by atoms with Crippen molar-refractivity contribution in [2.75, 3.05) is 0 Å². The summed E-state index contributed by atoms with van der Waals surface area (Å²) >= 11 is 1.83. The minimum atomic E-state index is 0.792. The average molecular weight is 233 g/mol. The smallest absolute Gasteiger partial charge is 0.125 e. The van der Waals surface area contributed by atoms with Crippen LogP contribution in [0.3, 0.4) is 0 Å². The van der Waals surface area contributed by atoms with Crippen LogP contribution < -0.4 is 5.32 Å². The van der Waals surface area contributed by atoms with Crippen LogP contribution in [0.5, 0.6) is 0 Å². The fourth-order valence-electron chi connectivity index (χ4n) is 1.50. The zero-order valence-electron chi connectivity index (χ0n) is 9.53. The standard InChI is InChI=1S/C12H15N3S/c1-9-3-4-12(16-9)8-13-7-11-5-6-14-10(2)15-11/h3-6,13H,7-8H2,1-2H3. The molecule has 0 bridgehead atoms. The minimum absolute atomic E-state index is 0.792. The molecule has 2 rings (SSSR count). The van der Waals surface area contributed by atoms with Crippen molar-refractivity contribution in [1.29, 1.82) is 0 Å². The Bertz CT molecular complexity index is 465. The van der Waals surface area contributed by atoms with Crippen LogP contribution in [0.25, 0.3) is 0 Å². The highest BCUT2D eigenvalue weighted by molar-refractivity contribution is 7.11. The van der Waals surface area contributed by atoms with Crippen molar-refractivity contribution in [1.82, 2.24) is 15.3 Å². The Morgan fingerprint density at radius 1 is 1.19 bits per heavy atom. The van der Waals surface area contributed by atoms with Crippen molar-refractivity contribution in [3.05, 3.63) is 45.7 Å². The largest absolute Gasteiger partial charge is 0.306 e. The zero-order chi connectivity index (χ0) is 11.4. The fraction of sp³-hybridized carbons (Fsp3) is 0.333. The first-order chi connectivity index (χ1) is 7.74. The van der Waals surface area contributed by atoms with E-state index in [-0.39, 0.29) is 0 Å². The number of aryl methyl sites for hydroxylation is 2. The van der Waals surface area contributed by atoms with Crippen LogP contribution in [-0.2, 0) is 13.1 Å². The summed E-state index contributed by atoms with van der Waals surface area (Å²) in [5.74, 6) is 0.825. The summed E-state index contributed by atoms with van der Waals surface area (Å²) in [6, 6.07) is 6.26. The van der Waals surface area contributed by atoms with Crippen LogP contribution in [0.2, 0.25) is 0 Å². The van der Waals surface area contributed by atoms with Crippen molar-refractivity contribution in [3.63, 3.8) is 0 Å². The topological polar surface area (TPSA) is 37.8 Å². The molecule has 0 radical (unpaired) electrons. The number of nitrogens with zero attached hydrogens (tertiary/aromatic N) is 2. The summed E-state index contributed by atoms with van der Waals surface area (Å²) in [5, 5.41) is 3.38. The molecule has 84 valence electrons. The number of aromatic nitrogens is 2. The Kier molecular flexibility index (Phi) is 3.64. The maximum atomic E-state index is 4.34. The van der Waals surface area contributed by atoms with Gasteiger partial charge in [0.2, 0.25) is 0 Å². The number of hydrogen-bond acceptors (Lipinski definition) is 4. The van der Waals surface area contributed by atoms with Crippen LogP contribution in [0.4, 0.5) is 0 Å². The Balaban J connectivity index is 1.84. The molecule has 0 fully saturated rings. The van der Waals surface area contributed by atoms with E-state index in [0.717, 1.165) is 24.6 Å². The first kappa shape index (κ1) is 11.2. The molecule has 2 heterocycles. The molecule has 16 heavy (non-hydrogen) atoms. The summed E-state index contributed by atoms with van der Waals surface area (Å²) < 4.78 is 0. The number of thiophene rings is 1. The average Bonchev–Trinajstić information content (AvgIpc) is 2.64. The summed E-state index contributed by atoms with van der Waals surface area (Å²) in [6.07, 6.45) is 1.80. The van der Waals surface area contributed by atoms with Gasteiger partial charge in [-0.3, -0.25) is 0 Å². The number of nitrogens with one attached hydrogen (secondary N) is 1. The molecule has 2 aromatic rings. The van der Waals surface area contributed by atoms with Gasteiger partial charge in [0.25, 0.3) is 0 Å². The molecule has 0 spiro atoms. The van der Waals surface area contributed by atoms with Gasteiger partial charge < -0.3 is 5.32 Å². The van der Waals surface area contributed by atoms with Crippen molar-refractivity contribution in [3.8, 4) is 0 Å². The molecular formula is C12H15N3S. The lowest BCUT2D eigenvalue weighted by molar-refractivity contribution is 0.681.